The lowest BCUT2D eigenvalue weighted by molar-refractivity contribution is -0.122. The third kappa shape index (κ3) is 4.02. The highest BCUT2D eigenvalue weighted by Gasteiger charge is 2.24. The second kappa shape index (κ2) is 7.91. The maximum absolute atomic E-state index is 13.9. The van der Waals surface area contributed by atoms with Gasteiger partial charge in [0.2, 0.25) is 5.91 Å². The number of halogens is 1. The van der Waals surface area contributed by atoms with Crippen molar-refractivity contribution in [3.8, 4) is 0 Å². The van der Waals surface area contributed by atoms with Crippen LogP contribution in [-0.2, 0) is 4.79 Å². The molecule has 0 bridgehead atoms. The van der Waals surface area contributed by atoms with Gasteiger partial charge in [-0.2, -0.15) is 0 Å². The lowest BCUT2D eigenvalue weighted by atomic mass is 9.91. The molecule has 4 nitrogen and oxygen atoms in total. The number of hydrogen-bond acceptors (Lipinski definition) is 2. The van der Waals surface area contributed by atoms with Crippen molar-refractivity contribution >= 4 is 11.6 Å². The Kier molecular flexibility index (Phi) is 5.19. The molecule has 1 unspecified atom stereocenters. The number of carbonyl (C=O) groups excluding carboxylic acids is 1. The van der Waals surface area contributed by atoms with Gasteiger partial charge in [-0.05, 0) is 42.7 Å². The number of amides is 1. The van der Waals surface area contributed by atoms with Crippen molar-refractivity contribution in [1.82, 2.24) is 14.7 Å². The number of benzene rings is 1. The summed E-state index contributed by atoms with van der Waals surface area (Å²) < 4.78 is 15.8. The summed E-state index contributed by atoms with van der Waals surface area (Å²) in [5.74, 6) is -0.525. The van der Waals surface area contributed by atoms with Crippen LogP contribution < -0.4 is 5.32 Å². The number of nitrogens with one attached hydrogen (secondary N) is 1. The molecule has 0 saturated heterocycles. The molecule has 1 atom stereocenters. The van der Waals surface area contributed by atoms with E-state index in [2.05, 4.69) is 10.3 Å². The molecular formula is C22H24FN3O. The quantitative estimate of drug-likeness (QED) is 0.726. The van der Waals surface area contributed by atoms with E-state index in [0.29, 0.717) is 0 Å². The van der Waals surface area contributed by atoms with Gasteiger partial charge in [-0.15, -0.1) is 0 Å². The largest absolute Gasteiger partial charge is 0.353 e. The highest BCUT2D eigenvalue weighted by molar-refractivity contribution is 5.78. The highest BCUT2D eigenvalue weighted by Crippen LogP contribution is 2.29. The second-order valence-corrected chi connectivity index (χ2v) is 7.33. The van der Waals surface area contributed by atoms with E-state index in [-0.39, 0.29) is 30.1 Å². The molecule has 0 radical (unpaired) electrons. The molecule has 140 valence electrons. The Morgan fingerprint density at radius 1 is 1.19 bits per heavy atom. The summed E-state index contributed by atoms with van der Waals surface area (Å²) in [6, 6.07) is 12.6. The van der Waals surface area contributed by atoms with Gasteiger partial charge in [0.05, 0.1) is 5.69 Å². The summed E-state index contributed by atoms with van der Waals surface area (Å²) in [4.78, 5) is 17.2. The van der Waals surface area contributed by atoms with Gasteiger partial charge in [0.15, 0.2) is 0 Å². The van der Waals surface area contributed by atoms with Crippen LogP contribution in [0.1, 0.15) is 55.7 Å². The third-order valence-electron chi connectivity index (χ3n) is 5.41. The zero-order chi connectivity index (χ0) is 18.6. The van der Waals surface area contributed by atoms with Crippen molar-refractivity contribution in [2.75, 3.05) is 0 Å². The van der Waals surface area contributed by atoms with Gasteiger partial charge < -0.3 is 9.72 Å². The van der Waals surface area contributed by atoms with Gasteiger partial charge in [0, 0.05) is 30.8 Å². The first-order valence-electron chi connectivity index (χ1n) is 9.67. The molecule has 0 spiro atoms. The van der Waals surface area contributed by atoms with Crippen molar-refractivity contribution < 1.29 is 9.18 Å². The number of imidazole rings is 1. The molecule has 1 aromatic carbocycles. The number of carbonyl (C=O) groups is 1. The first-order valence-corrected chi connectivity index (χ1v) is 9.67. The molecule has 1 saturated carbocycles. The minimum absolute atomic E-state index is 0.0158. The van der Waals surface area contributed by atoms with Gasteiger partial charge >= 0.3 is 0 Å². The summed E-state index contributed by atoms with van der Waals surface area (Å²) in [6.45, 7) is 0. The Hall–Kier alpha value is -2.69. The zero-order valence-corrected chi connectivity index (χ0v) is 15.3. The fourth-order valence-corrected chi connectivity index (χ4v) is 4.05. The molecule has 2 heterocycles. The summed E-state index contributed by atoms with van der Waals surface area (Å²) in [7, 11) is 0. The van der Waals surface area contributed by atoms with E-state index >= 15 is 0 Å². The van der Waals surface area contributed by atoms with Gasteiger partial charge in [-0.3, -0.25) is 4.79 Å². The van der Waals surface area contributed by atoms with Crippen molar-refractivity contribution in [2.45, 2.75) is 50.5 Å². The Labute approximate surface area is 158 Å². The Morgan fingerprint density at radius 3 is 2.85 bits per heavy atom. The van der Waals surface area contributed by atoms with Crippen LogP contribution in [0.25, 0.3) is 5.65 Å². The SMILES string of the molecule is O=C(CC(c1cccc(F)c1)c1cnc2ccccn12)NC1CCCCC1. The van der Waals surface area contributed by atoms with E-state index in [9.17, 15) is 9.18 Å². The fraction of sp³-hybridized carbons (Fsp3) is 0.364. The lowest BCUT2D eigenvalue weighted by Gasteiger charge is -2.24. The Morgan fingerprint density at radius 2 is 2.04 bits per heavy atom. The Balaban J connectivity index is 1.63. The molecule has 4 rings (SSSR count). The number of rotatable bonds is 5. The van der Waals surface area contributed by atoms with Crippen LogP contribution in [0, 0.1) is 5.82 Å². The molecule has 1 N–H and O–H groups in total. The van der Waals surface area contributed by atoms with E-state index in [1.165, 1.54) is 31.4 Å². The number of fused-ring (bicyclic) bond motifs is 1. The predicted molar refractivity (Wildman–Crippen MR) is 103 cm³/mol. The topological polar surface area (TPSA) is 46.4 Å². The number of aromatic nitrogens is 2. The van der Waals surface area contributed by atoms with Crippen LogP contribution in [0.3, 0.4) is 0 Å². The summed E-state index contributed by atoms with van der Waals surface area (Å²) in [5.41, 5.74) is 2.51. The monoisotopic (exact) mass is 365 g/mol. The maximum atomic E-state index is 13.9. The van der Waals surface area contributed by atoms with Crippen molar-refractivity contribution in [3.63, 3.8) is 0 Å². The molecule has 3 aromatic rings. The van der Waals surface area contributed by atoms with Crippen LogP contribution >= 0.6 is 0 Å². The first-order chi connectivity index (χ1) is 13.2. The molecule has 1 fully saturated rings. The molecule has 27 heavy (non-hydrogen) atoms. The van der Waals surface area contributed by atoms with Crippen LogP contribution in [0.4, 0.5) is 4.39 Å². The van der Waals surface area contributed by atoms with Crippen molar-refractivity contribution in [1.29, 1.82) is 0 Å². The van der Waals surface area contributed by atoms with Gasteiger partial charge in [0.25, 0.3) is 0 Å². The number of nitrogens with zero attached hydrogens (tertiary/aromatic N) is 2. The zero-order valence-electron chi connectivity index (χ0n) is 15.3. The van der Waals surface area contributed by atoms with E-state index in [1.54, 1.807) is 12.3 Å². The Bertz CT molecular complexity index is 930. The fourth-order valence-electron chi connectivity index (χ4n) is 4.05. The van der Waals surface area contributed by atoms with Crippen LogP contribution in [-0.4, -0.2) is 21.3 Å². The van der Waals surface area contributed by atoms with Crippen LogP contribution in [0.15, 0.2) is 54.9 Å². The van der Waals surface area contributed by atoms with Crippen LogP contribution in [0.5, 0.6) is 0 Å². The minimum atomic E-state index is -0.293. The maximum Gasteiger partial charge on any atom is 0.221 e. The molecule has 2 aromatic heterocycles. The number of pyridine rings is 1. The van der Waals surface area contributed by atoms with Crippen molar-refractivity contribution in [2.24, 2.45) is 0 Å². The predicted octanol–water partition coefficient (Wildman–Crippen LogP) is 4.44. The second-order valence-electron chi connectivity index (χ2n) is 7.33. The third-order valence-corrected chi connectivity index (χ3v) is 5.41. The van der Waals surface area contributed by atoms with E-state index < -0.39 is 0 Å². The standard InChI is InChI=1S/C22H24FN3O/c23-17-8-6-7-16(13-17)19(14-22(27)25-18-9-2-1-3-10-18)20-15-24-21-11-4-5-12-26(20)21/h4-8,11-13,15,18-19H,1-3,9-10,14H2,(H,25,27). The average molecular weight is 365 g/mol. The highest BCUT2D eigenvalue weighted by atomic mass is 19.1. The molecule has 5 heteroatoms. The average Bonchev–Trinajstić information content (AvgIpc) is 3.11. The minimum Gasteiger partial charge on any atom is -0.353 e. The van der Waals surface area contributed by atoms with E-state index in [4.69, 9.17) is 0 Å². The molecule has 1 aliphatic rings. The lowest BCUT2D eigenvalue weighted by Crippen LogP contribution is -2.37. The van der Waals surface area contributed by atoms with Crippen molar-refractivity contribution in [3.05, 3.63) is 71.9 Å². The van der Waals surface area contributed by atoms with E-state index in [1.807, 2.05) is 34.9 Å². The van der Waals surface area contributed by atoms with Crippen LogP contribution in [0.2, 0.25) is 0 Å². The van der Waals surface area contributed by atoms with Gasteiger partial charge in [-0.1, -0.05) is 37.5 Å². The summed E-state index contributed by atoms with van der Waals surface area (Å²) in [6.07, 6.45) is 9.69. The summed E-state index contributed by atoms with van der Waals surface area (Å²) >= 11 is 0. The van der Waals surface area contributed by atoms with Gasteiger partial charge in [0.1, 0.15) is 11.5 Å². The summed E-state index contributed by atoms with van der Waals surface area (Å²) in [5, 5.41) is 3.18. The number of hydrogen-bond donors (Lipinski definition) is 1. The van der Waals surface area contributed by atoms with Gasteiger partial charge in [-0.25, -0.2) is 9.37 Å². The molecule has 1 amide bonds. The first kappa shape index (κ1) is 17.7. The molecular weight excluding hydrogens is 341 g/mol. The van der Waals surface area contributed by atoms with E-state index in [0.717, 1.165) is 29.7 Å². The normalized spacial score (nSPS) is 16.3. The molecule has 0 aliphatic heterocycles. The smallest absolute Gasteiger partial charge is 0.221 e. The molecule has 1 aliphatic carbocycles.